The van der Waals surface area contributed by atoms with E-state index in [9.17, 15) is 4.79 Å². The first-order chi connectivity index (χ1) is 7.29. The molecule has 0 amide bonds. The zero-order chi connectivity index (χ0) is 10.7. The molecule has 1 aromatic carbocycles. The Balaban J connectivity index is 2.11. The summed E-state index contributed by atoms with van der Waals surface area (Å²) in [5.41, 5.74) is 7.93. The molecule has 1 heterocycles. The van der Waals surface area contributed by atoms with Gasteiger partial charge >= 0.3 is 0 Å². The summed E-state index contributed by atoms with van der Waals surface area (Å²) < 4.78 is 0. The number of ketones is 1. The van der Waals surface area contributed by atoms with Crippen LogP contribution in [0.3, 0.4) is 0 Å². The predicted octanol–water partition coefficient (Wildman–Crippen LogP) is 1.31. The Labute approximate surface area is 89.9 Å². The van der Waals surface area contributed by atoms with Crippen LogP contribution in [0.4, 0.5) is 5.69 Å². The number of anilines is 1. The number of nitrogens with zero attached hydrogens (tertiary/aromatic N) is 1. The molecule has 2 rings (SSSR count). The molecule has 2 N–H and O–H groups in total. The van der Waals surface area contributed by atoms with E-state index in [-0.39, 0.29) is 0 Å². The largest absolute Gasteiger partial charge is 0.371 e. The molecule has 1 fully saturated rings. The minimum absolute atomic E-state index is 0.376. The third-order valence-electron chi connectivity index (χ3n) is 2.83. The maximum absolute atomic E-state index is 11.1. The van der Waals surface area contributed by atoms with Crippen LogP contribution in [0, 0.1) is 0 Å². The fraction of sp³-hybridized carbons (Fsp3) is 0.417. The minimum atomic E-state index is 0.376. The predicted molar refractivity (Wildman–Crippen MR) is 60.8 cm³/mol. The minimum Gasteiger partial charge on any atom is -0.371 e. The lowest BCUT2D eigenvalue weighted by Crippen LogP contribution is -2.33. The van der Waals surface area contributed by atoms with Crippen molar-refractivity contribution in [2.75, 3.05) is 18.0 Å². The Morgan fingerprint density at radius 2 is 2.00 bits per heavy atom. The van der Waals surface area contributed by atoms with Crippen LogP contribution < -0.4 is 10.6 Å². The SMILES string of the molecule is NCc1cccc(N2CCC(=O)CC2)c1. The average Bonchev–Trinajstić information content (AvgIpc) is 2.30. The Bertz CT molecular complexity index is 352. The molecule has 0 unspecified atom stereocenters. The summed E-state index contributed by atoms with van der Waals surface area (Å²) in [4.78, 5) is 13.4. The second-order valence-electron chi connectivity index (χ2n) is 3.90. The number of Topliss-reactive ketones (excluding diaryl/α,β-unsaturated/α-hetero) is 1. The van der Waals surface area contributed by atoms with Crippen molar-refractivity contribution >= 4 is 11.5 Å². The van der Waals surface area contributed by atoms with Gasteiger partial charge in [0.2, 0.25) is 0 Å². The van der Waals surface area contributed by atoms with E-state index in [1.807, 2.05) is 12.1 Å². The molecule has 3 heteroatoms. The lowest BCUT2D eigenvalue weighted by atomic mass is 10.1. The molecule has 1 aliphatic rings. The van der Waals surface area contributed by atoms with Gasteiger partial charge in [0.05, 0.1) is 0 Å². The van der Waals surface area contributed by atoms with E-state index in [4.69, 9.17) is 5.73 Å². The van der Waals surface area contributed by atoms with Crippen molar-refractivity contribution in [3.63, 3.8) is 0 Å². The van der Waals surface area contributed by atoms with Crippen molar-refractivity contribution < 1.29 is 4.79 Å². The van der Waals surface area contributed by atoms with Crippen molar-refractivity contribution in [2.45, 2.75) is 19.4 Å². The lowest BCUT2D eigenvalue weighted by molar-refractivity contribution is -0.119. The molecule has 15 heavy (non-hydrogen) atoms. The van der Waals surface area contributed by atoms with E-state index in [0.29, 0.717) is 25.2 Å². The molecule has 1 aliphatic heterocycles. The zero-order valence-electron chi connectivity index (χ0n) is 8.78. The molecule has 0 saturated carbocycles. The highest BCUT2D eigenvalue weighted by molar-refractivity contribution is 5.81. The average molecular weight is 204 g/mol. The maximum atomic E-state index is 11.1. The van der Waals surface area contributed by atoms with E-state index >= 15 is 0 Å². The molecule has 0 aliphatic carbocycles. The van der Waals surface area contributed by atoms with Gasteiger partial charge in [-0.15, -0.1) is 0 Å². The van der Waals surface area contributed by atoms with Crippen molar-refractivity contribution in [1.82, 2.24) is 0 Å². The topological polar surface area (TPSA) is 46.3 Å². The number of rotatable bonds is 2. The number of benzene rings is 1. The molecule has 0 spiro atoms. The molecule has 80 valence electrons. The fourth-order valence-electron chi connectivity index (χ4n) is 1.89. The molecular weight excluding hydrogens is 188 g/mol. The van der Waals surface area contributed by atoms with Crippen molar-refractivity contribution in [1.29, 1.82) is 0 Å². The highest BCUT2D eigenvalue weighted by Crippen LogP contribution is 2.19. The summed E-state index contributed by atoms with van der Waals surface area (Å²) in [5.74, 6) is 0.376. The second-order valence-corrected chi connectivity index (χ2v) is 3.90. The molecule has 0 radical (unpaired) electrons. The van der Waals surface area contributed by atoms with Crippen LogP contribution in [0.2, 0.25) is 0 Å². The fourth-order valence-corrected chi connectivity index (χ4v) is 1.89. The van der Waals surface area contributed by atoms with Crippen LogP contribution in [-0.4, -0.2) is 18.9 Å². The quantitative estimate of drug-likeness (QED) is 0.790. The first-order valence-corrected chi connectivity index (χ1v) is 5.35. The van der Waals surface area contributed by atoms with Gasteiger partial charge in [0, 0.05) is 38.2 Å². The van der Waals surface area contributed by atoms with Gasteiger partial charge in [-0.25, -0.2) is 0 Å². The highest BCUT2D eigenvalue weighted by atomic mass is 16.1. The van der Waals surface area contributed by atoms with Crippen LogP contribution >= 0.6 is 0 Å². The normalized spacial score (nSPS) is 16.9. The lowest BCUT2D eigenvalue weighted by Gasteiger charge is -2.28. The summed E-state index contributed by atoms with van der Waals surface area (Å²) in [6.07, 6.45) is 1.35. The molecule has 0 bridgehead atoms. The molecule has 1 saturated heterocycles. The van der Waals surface area contributed by atoms with E-state index < -0.39 is 0 Å². The molecule has 0 atom stereocenters. The van der Waals surface area contributed by atoms with Gasteiger partial charge in [0.1, 0.15) is 5.78 Å². The van der Waals surface area contributed by atoms with Crippen LogP contribution in [0.1, 0.15) is 18.4 Å². The molecule has 3 nitrogen and oxygen atoms in total. The number of nitrogens with two attached hydrogens (primary N) is 1. The maximum Gasteiger partial charge on any atom is 0.136 e. The number of hydrogen-bond donors (Lipinski definition) is 1. The van der Waals surface area contributed by atoms with Crippen LogP contribution in [0.15, 0.2) is 24.3 Å². The molecule has 1 aromatic rings. The van der Waals surface area contributed by atoms with Crippen molar-refractivity contribution in [3.8, 4) is 0 Å². The zero-order valence-corrected chi connectivity index (χ0v) is 8.78. The van der Waals surface area contributed by atoms with E-state index in [2.05, 4.69) is 17.0 Å². The first-order valence-electron chi connectivity index (χ1n) is 5.35. The Kier molecular flexibility index (Phi) is 3.02. The van der Waals surface area contributed by atoms with Gasteiger partial charge in [-0.1, -0.05) is 12.1 Å². The third kappa shape index (κ3) is 2.36. The summed E-state index contributed by atoms with van der Waals surface area (Å²) in [6.45, 7) is 2.25. The van der Waals surface area contributed by atoms with Crippen molar-refractivity contribution in [2.24, 2.45) is 5.73 Å². The Morgan fingerprint density at radius 1 is 1.27 bits per heavy atom. The summed E-state index contributed by atoms with van der Waals surface area (Å²) >= 11 is 0. The smallest absolute Gasteiger partial charge is 0.136 e. The number of carbonyl (C=O) groups excluding carboxylic acids is 1. The molecular formula is C12H16N2O. The second kappa shape index (κ2) is 4.45. The van der Waals surface area contributed by atoms with Gasteiger partial charge in [0.15, 0.2) is 0 Å². The summed E-state index contributed by atoms with van der Waals surface area (Å²) in [5, 5.41) is 0. The van der Waals surface area contributed by atoms with Gasteiger partial charge in [-0.2, -0.15) is 0 Å². The van der Waals surface area contributed by atoms with Gasteiger partial charge < -0.3 is 10.6 Å². The summed E-state index contributed by atoms with van der Waals surface area (Å²) in [6, 6.07) is 8.23. The van der Waals surface area contributed by atoms with E-state index in [0.717, 1.165) is 18.7 Å². The summed E-state index contributed by atoms with van der Waals surface area (Å²) in [7, 11) is 0. The number of piperidine rings is 1. The number of carbonyl (C=O) groups is 1. The van der Waals surface area contributed by atoms with E-state index in [1.165, 1.54) is 5.69 Å². The Morgan fingerprint density at radius 3 is 2.67 bits per heavy atom. The van der Waals surface area contributed by atoms with E-state index in [1.54, 1.807) is 0 Å². The number of hydrogen-bond acceptors (Lipinski definition) is 3. The highest BCUT2D eigenvalue weighted by Gasteiger charge is 2.16. The van der Waals surface area contributed by atoms with Crippen LogP contribution in [-0.2, 0) is 11.3 Å². The van der Waals surface area contributed by atoms with Crippen molar-refractivity contribution in [3.05, 3.63) is 29.8 Å². The Hall–Kier alpha value is -1.35. The van der Waals surface area contributed by atoms with Gasteiger partial charge in [-0.3, -0.25) is 4.79 Å². The van der Waals surface area contributed by atoms with Crippen LogP contribution in [0.25, 0.3) is 0 Å². The molecule has 0 aromatic heterocycles. The van der Waals surface area contributed by atoms with Crippen LogP contribution in [0.5, 0.6) is 0 Å². The van der Waals surface area contributed by atoms with Gasteiger partial charge in [0.25, 0.3) is 0 Å². The first kappa shape index (κ1) is 10.2. The third-order valence-corrected chi connectivity index (χ3v) is 2.83. The van der Waals surface area contributed by atoms with Gasteiger partial charge in [-0.05, 0) is 17.7 Å². The monoisotopic (exact) mass is 204 g/mol. The standard InChI is InChI=1S/C12H16N2O/c13-9-10-2-1-3-11(8-10)14-6-4-12(15)5-7-14/h1-3,8H,4-7,9,13H2.